The van der Waals surface area contributed by atoms with E-state index in [1.165, 1.54) is 18.3 Å². The summed E-state index contributed by atoms with van der Waals surface area (Å²) in [5.41, 5.74) is 5.99. The summed E-state index contributed by atoms with van der Waals surface area (Å²) >= 11 is 8.06. The minimum absolute atomic E-state index is 0.0764. The third-order valence-electron chi connectivity index (χ3n) is 2.40. The van der Waals surface area contributed by atoms with Gasteiger partial charge in [0, 0.05) is 16.2 Å². The molecule has 3 N–H and O–H groups in total. The molecule has 5 nitrogen and oxygen atoms in total. The minimum atomic E-state index is -3.73. The Labute approximate surface area is 130 Å². The Morgan fingerprint density at radius 3 is 2.65 bits per heavy atom. The van der Waals surface area contributed by atoms with Gasteiger partial charge in [0.1, 0.15) is 10.8 Å². The number of halogens is 1. The molecular weight excluding hydrogens is 362 g/mol. The van der Waals surface area contributed by atoms with Gasteiger partial charge in [-0.1, -0.05) is 24.4 Å². The Hall–Kier alpha value is -1.51. The normalized spacial score (nSPS) is 11.1. The molecule has 0 amide bonds. The van der Waals surface area contributed by atoms with Gasteiger partial charge < -0.3 is 5.73 Å². The molecule has 0 saturated carbocycles. The lowest BCUT2D eigenvalue weighted by molar-refractivity contribution is 0.601. The summed E-state index contributed by atoms with van der Waals surface area (Å²) in [5, 5.41) is 0. The number of thiocarbonyl (C=S) groups is 1. The fourth-order valence-corrected chi connectivity index (χ4v) is 2.86. The minimum Gasteiger partial charge on any atom is -0.389 e. The molecule has 2 rings (SSSR count). The van der Waals surface area contributed by atoms with Crippen molar-refractivity contribution < 1.29 is 8.42 Å². The predicted molar refractivity (Wildman–Crippen MR) is 85.1 cm³/mol. The van der Waals surface area contributed by atoms with E-state index in [1.807, 2.05) is 0 Å². The maximum absolute atomic E-state index is 12.2. The summed E-state index contributed by atoms with van der Waals surface area (Å²) in [5.74, 6) is 0.230. The van der Waals surface area contributed by atoms with E-state index in [9.17, 15) is 8.42 Å². The van der Waals surface area contributed by atoms with Crippen molar-refractivity contribution >= 4 is 49.0 Å². The number of hydrogen-bond donors (Lipinski definition) is 2. The third-order valence-corrected chi connectivity index (χ3v) is 4.45. The third kappa shape index (κ3) is 3.53. The van der Waals surface area contributed by atoms with E-state index < -0.39 is 10.0 Å². The van der Waals surface area contributed by atoms with Crippen molar-refractivity contribution in [2.45, 2.75) is 4.90 Å². The van der Waals surface area contributed by atoms with Crippen LogP contribution >= 0.6 is 28.1 Å². The van der Waals surface area contributed by atoms with Gasteiger partial charge in [-0.25, -0.2) is 13.4 Å². The predicted octanol–water partition coefficient (Wildman–Crippen LogP) is 2.28. The van der Waals surface area contributed by atoms with E-state index in [0.717, 1.165) is 4.47 Å². The number of nitrogens with one attached hydrogen (secondary N) is 1. The number of rotatable bonds is 4. The first kappa shape index (κ1) is 14.9. The Bertz CT molecular complexity index is 746. The molecule has 8 heteroatoms. The highest BCUT2D eigenvalue weighted by atomic mass is 79.9. The van der Waals surface area contributed by atoms with Crippen molar-refractivity contribution in [3.05, 3.63) is 52.6 Å². The zero-order valence-electron chi connectivity index (χ0n) is 10.1. The van der Waals surface area contributed by atoms with Crippen LogP contribution in [-0.4, -0.2) is 18.4 Å². The smallest absolute Gasteiger partial charge is 0.263 e. The number of hydrogen-bond acceptors (Lipinski definition) is 4. The Kier molecular flexibility index (Phi) is 4.36. The molecule has 104 valence electrons. The molecular formula is C12H10BrN3O2S2. The molecule has 1 heterocycles. The van der Waals surface area contributed by atoms with Crippen molar-refractivity contribution in [3.8, 4) is 0 Å². The van der Waals surface area contributed by atoms with Gasteiger partial charge in [0.2, 0.25) is 0 Å². The zero-order valence-corrected chi connectivity index (χ0v) is 13.3. The van der Waals surface area contributed by atoms with Gasteiger partial charge in [0.05, 0.1) is 4.90 Å². The highest BCUT2D eigenvalue weighted by Crippen LogP contribution is 2.17. The topological polar surface area (TPSA) is 85.1 Å². The molecule has 0 radical (unpaired) electrons. The Morgan fingerprint density at radius 2 is 2.05 bits per heavy atom. The van der Waals surface area contributed by atoms with Gasteiger partial charge in [-0.05, 0) is 40.2 Å². The van der Waals surface area contributed by atoms with Crippen LogP contribution in [0.25, 0.3) is 0 Å². The van der Waals surface area contributed by atoms with Gasteiger partial charge in [0.25, 0.3) is 10.0 Å². The maximum Gasteiger partial charge on any atom is 0.263 e. The van der Waals surface area contributed by atoms with Crippen LogP contribution in [-0.2, 0) is 10.0 Å². The van der Waals surface area contributed by atoms with Crippen LogP contribution in [0.3, 0.4) is 0 Å². The molecule has 0 aliphatic rings. The summed E-state index contributed by atoms with van der Waals surface area (Å²) < 4.78 is 27.6. The lowest BCUT2D eigenvalue weighted by atomic mass is 10.2. The fourth-order valence-electron chi connectivity index (χ4n) is 1.45. The summed E-state index contributed by atoms with van der Waals surface area (Å²) in [6, 6.07) is 9.36. The van der Waals surface area contributed by atoms with Crippen LogP contribution in [0.4, 0.5) is 5.82 Å². The molecule has 0 unspecified atom stereocenters. The second-order valence-electron chi connectivity index (χ2n) is 3.86. The Balaban J connectivity index is 2.33. The first-order valence-corrected chi connectivity index (χ1v) is 8.11. The van der Waals surface area contributed by atoms with Crippen molar-refractivity contribution in [2.75, 3.05) is 4.72 Å². The number of nitrogens with two attached hydrogens (primary N) is 1. The van der Waals surface area contributed by atoms with Crippen LogP contribution in [0.5, 0.6) is 0 Å². The van der Waals surface area contributed by atoms with Crippen molar-refractivity contribution in [1.82, 2.24) is 4.98 Å². The van der Waals surface area contributed by atoms with Gasteiger partial charge in [-0.15, -0.1) is 0 Å². The summed E-state index contributed by atoms with van der Waals surface area (Å²) in [4.78, 5) is 4.18. The Morgan fingerprint density at radius 1 is 1.30 bits per heavy atom. The number of sulfonamides is 1. The standard InChI is InChI=1S/C12H10BrN3O2S2/c13-9-4-5-11(15-7-9)16-20(17,18)10-3-1-2-8(6-10)12(14)19/h1-7H,(H2,14,19)(H,15,16). The fraction of sp³-hybridized carbons (Fsp3) is 0. The highest BCUT2D eigenvalue weighted by molar-refractivity contribution is 9.10. The van der Waals surface area contributed by atoms with Gasteiger partial charge in [0.15, 0.2) is 0 Å². The quantitative estimate of drug-likeness (QED) is 0.805. The number of anilines is 1. The molecule has 20 heavy (non-hydrogen) atoms. The molecule has 0 bridgehead atoms. The molecule has 0 atom stereocenters. The molecule has 1 aromatic carbocycles. The summed E-state index contributed by atoms with van der Waals surface area (Å²) in [6.45, 7) is 0. The first-order valence-electron chi connectivity index (χ1n) is 5.43. The van der Waals surface area contributed by atoms with Crippen molar-refractivity contribution in [2.24, 2.45) is 5.73 Å². The van der Waals surface area contributed by atoms with Crippen LogP contribution < -0.4 is 10.5 Å². The maximum atomic E-state index is 12.2. The average molecular weight is 372 g/mol. The lowest BCUT2D eigenvalue weighted by Gasteiger charge is -2.08. The first-order chi connectivity index (χ1) is 9.38. The molecule has 2 aromatic rings. The second-order valence-corrected chi connectivity index (χ2v) is 6.90. The van der Waals surface area contributed by atoms with E-state index in [0.29, 0.717) is 5.56 Å². The summed E-state index contributed by atoms with van der Waals surface area (Å²) in [7, 11) is -3.73. The number of benzene rings is 1. The summed E-state index contributed by atoms with van der Waals surface area (Å²) in [6.07, 6.45) is 1.50. The number of aromatic nitrogens is 1. The van der Waals surface area contributed by atoms with E-state index in [4.69, 9.17) is 18.0 Å². The molecule has 0 fully saturated rings. The van der Waals surface area contributed by atoms with E-state index >= 15 is 0 Å². The van der Waals surface area contributed by atoms with Crippen LogP contribution in [0.2, 0.25) is 0 Å². The molecule has 0 saturated heterocycles. The highest BCUT2D eigenvalue weighted by Gasteiger charge is 2.15. The lowest BCUT2D eigenvalue weighted by Crippen LogP contribution is -2.15. The molecule has 0 spiro atoms. The van der Waals surface area contributed by atoms with Crippen molar-refractivity contribution in [3.63, 3.8) is 0 Å². The van der Waals surface area contributed by atoms with Gasteiger partial charge in [-0.3, -0.25) is 4.72 Å². The molecule has 1 aromatic heterocycles. The van der Waals surface area contributed by atoms with Crippen molar-refractivity contribution in [1.29, 1.82) is 0 Å². The van der Waals surface area contributed by atoms with Gasteiger partial charge >= 0.3 is 0 Å². The molecule has 0 aliphatic carbocycles. The SMILES string of the molecule is NC(=S)c1cccc(S(=O)(=O)Nc2ccc(Br)cn2)c1. The van der Waals surface area contributed by atoms with Crippen LogP contribution in [0.1, 0.15) is 5.56 Å². The molecule has 0 aliphatic heterocycles. The van der Waals surface area contributed by atoms with E-state index in [-0.39, 0.29) is 15.7 Å². The van der Waals surface area contributed by atoms with E-state index in [1.54, 1.807) is 24.3 Å². The van der Waals surface area contributed by atoms with Gasteiger partial charge in [-0.2, -0.15) is 0 Å². The largest absolute Gasteiger partial charge is 0.389 e. The monoisotopic (exact) mass is 371 g/mol. The zero-order chi connectivity index (χ0) is 14.8. The number of pyridine rings is 1. The average Bonchev–Trinajstić information content (AvgIpc) is 2.41. The second kappa shape index (κ2) is 5.86. The number of nitrogens with zero attached hydrogens (tertiary/aromatic N) is 1. The van der Waals surface area contributed by atoms with Crippen LogP contribution in [0.15, 0.2) is 52.0 Å². The van der Waals surface area contributed by atoms with Crippen LogP contribution in [0, 0.1) is 0 Å². The van der Waals surface area contributed by atoms with E-state index in [2.05, 4.69) is 25.6 Å².